The van der Waals surface area contributed by atoms with Gasteiger partial charge in [0.2, 0.25) is 0 Å². The first kappa shape index (κ1) is 17.6. The topological polar surface area (TPSA) is 93.8 Å². The zero-order valence-electron chi connectivity index (χ0n) is 12.7. The van der Waals surface area contributed by atoms with Gasteiger partial charge in [-0.2, -0.15) is 5.10 Å². The molecule has 0 aliphatic heterocycles. The normalized spacial score (nSPS) is 10.6. The van der Waals surface area contributed by atoms with Crippen molar-refractivity contribution >= 4 is 33.7 Å². The Labute approximate surface area is 146 Å². The zero-order valence-corrected chi connectivity index (χ0v) is 14.3. The van der Waals surface area contributed by atoms with E-state index in [-0.39, 0.29) is 11.3 Å². The highest BCUT2D eigenvalue weighted by Gasteiger charge is 2.18. The third-order valence-corrected chi connectivity index (χ3v) is 3.48. The first-order valence-electron chi connectivity index (χ1n) is 7.02. The number of carbonyl (C=O) groups excluding carboxylic acids is 1. The number of halogens is 1. The summed E-state index contributed by atoms with van der Waals surface area (Å²) in [5.41, 5.74) is 2.62. The molecule has 7 nitrogen and oxygen atoms in total. The number of benzene rings is 2. The molecule has 24 heavy (non-hydrogen) atoms. The van der Waals surface area contributed by atoms with Crippen molar-refractivity contribution in [1.82, 2.24) is 5.43 Å². The van der Waals surface area contributed by atoms with Crippen LogP contribution in [0.15, 0.2) is 52.0 Å². The Morgan fingerprint density at radius 2 is 2.12 bits per heavy atom. The number of nitro benzene ring substituents is 1. The molecule has 1 amide bonds. The lowest BCUT2D eigenvalue weighted by Gasteiger charge is -2.07. The maximum Gasteiger partial charge on any atom is 0.282 e. The van der Waals surface area contributed by atoms with Gasteiger partial charge in [-0.1, -0.05) is 28.1 Å². The van der Waals surface area contributed by atoms with Crippen LogP contribution in [0.5, 0.6) is 5.75 Å². The van der Waals surface area contributed by atoms with Crippen molar-refractivity contribution in [3.8, 4) is 5.75 Å². The van der Waals surface area contributed by atoms with Crippen molar-refractivity contribution in [2.75, 3.05) is 6.61 Å². The van der Waals surface area contributed by atoms with Crippen molar-refractivity contribution in [2.45, 2.75) is 6.92 Å². The molecule has 0 heterocycles. The van der Waals surface area contributed by atoms with Crippen molar-refractivity contribution in [2.24, 2.45) is 5.10 Å². The summed E-state index contributed by atoms with van der Waals surface area (Å²) < 4.78 is 6.30. The lowest BCUT2D eigenvalue weighted by atomic mass is 10.2. The number of hydrazone groups is 1. The molecule has 0 aliphatic carbocycles. The van der Waals surface area contributed by atoms with Crippen LogP contribution in [0, 0.1) is 10.1 Å². The summed E-state index contributed by atoms with van der Waals surface area (Å²) in [5, 5.41) is 14.8. The maximum absolute atomic E-state index is 12.1. The fourth-order valence-electron chi connectivity index (χ4n) is 1.95. The summed E-state index contributed by atoms with van der Waals surface area (Å²) in [6, 6.07) is 11.1. The molecule has 0 saturated carbocycles. The molecule has 0 bridgehead atoms. The van der Waals surface area contributed by atoms with Gasteiger partial charge in [-0.15, -0.1) is 0 Å². The van der Waals surface area contributed by atoms with Crippen LogP contribution in [0.2, 0.25) is 0 Å². The van der Waals surface area contributed by atoms with Crippen LogP contribution in [0.4, 0.5) is 5.69 Å². The lowest BCUT2D eigenvalue weighted by molar-refractivity contribution is -0.385. The minimum atomic E-state index is -0.661. The van der Waals surface area contributed by atoms with Crippen molar-refractivity contribution in [1.29, 1.82) is 0 Å². The zero-order chi connectivity index (χ0) is 17.5. The predicted molar refractivity (Wildman–Crippen MR) is 93.5 cm³/mol. The van der Waals surface area contributed by atoms with E-state index >= 15 is 0 Å². The number of para-hydroxylation sites is 1. The molecule has 0 spiro atoms. The van der Waals surface area contributed by atoms with Crippen molar-refractivity contribution in [3.05, 3.63) is 68.2 Å². The molecule has 1 N–H and O–H groups in total. The second kappa shape index (κ2) is 8.21. The Balaban J connectivity index is 2.16. The number of amides is 1. The Kier molecular flexibility index (Phi) is 6.02. The Morgan fingerprint density at radius 3 is 2.83 bits per heavy atom. The van der Waals surface area contributed by atoms with E-state index in [0.29, 0.717) is 17.9 Å². The third kappa shape index (κ3) is 4.39. The molecule has 0 aromatic heterocycles. The van der Waals surface area contributed by atoms with Gasteiger partial charge in [0.1, 0.15) is 11.3 Å². The maximum atomic E-state index is 12.1. The van der Waals surface area contributed by atoms with Gasteiger partial charge in [-0.3, -0.25) is 14.9 Å². The molecule has 8 heteroatoms. The van der Waals surface area contributed by atoms with Crippen molar-refractivity contribution < 1.29 is 14.5 Å². The van der Waals surface area contributed by atoms with Crippen LogP contribution in [-0.2, 0) is 0 Å². The molecule has 0 radical (unpaired) electrons. The number of nitrogens with one attached hydrogen (secondary N) is 1. The molecular formula is C16H14BrN3O4. The molecule has 124 valence electrons. The van der Waals surface area contributed by atoms with Gasteiger partial charge >= 0.3 is 0 Å². The summed E-state index contributed by atoms with van der Waals surface area (Å²) in [7, 11) is 0. The number of carbonyl (C=O) groups is 1. The smallest absolute Gasteiger partial charge is 0.282 e. The van der Waals surface area contributed by atoms with E-state index in [0.717, 1.165) is 4.47 Å². The Hall–Kier alpha value is -2.74. The first-order valence-corrected chi connectivity index (χ1v) is 7.81. The van der Waals surface area contributed by atoms with Crippen LogP contribution < -0.4 is 10.2 Å². The highest BCUT2D eigenvalue weighted by Crippen LogP contribution is 2.22. The number of nitro groups is 1. The van der Waals surface area contributed by atoms with Crippen LogP contribution in [-0.4, -0.2) is 23.7 Å². The molecule has 0 unspecified atom stereocenters. The van der Waals surface area contributed by atoms with Crippen LogP contribution in [0.1, 0.15) is 22.8 Å². The monoisotopic (exact) mass is 391 g/mol. The highest BCUT2D eigenvalue weighted by molar-refractivity contribution is 9.10. The van der Waals surface area contributed by atoms with E-state index in [1.807, 2.05) is 13.0 Å². The second-order valence-corrected chi connectivity index (χ2v) is 5.50. The largest absolute Gasteiger partial charge is 0.493 e. The highest BCUT2D eigenvalue weighted by atomic mass is 79.9. The number of nitrogens with zero attached hydrogens (tertiary/aromatic N) is 2. The van der Waals surface area contributed by atoms with Gasteiger partial charge in [-0.25, -0.2) is 5.43 Å². The SMILES string of the molecule is CCOc1ccc(Br)cc1/C=N\NC(=O)c1ccccc1[N+](=O)[O-]. The summed E-state index contributed by atoms with van der Waals surface area (Å²) >= 11 is 3.35. The van der Waals surface area contributed by atoms with E-state index in [9.17, 15) is 14.9 Å². The van der Waals surface area contributed by atoms with Crippen LogP contribution in [0.25, 0.3) is 0 Å². The molecule has 0 fully saturated rings. The molecule has 0 aliphatic rings. The van der Waals surface area contributed by atoms with Gasteiger partial charge in [0.25, 0.3) is 11.6 Å². The van der Waals surface area contributed by atoms with Crippen molar-refractivity contribution in [3.63, 3.8) is 0 Å². The summed E-state index contributed by atoms with van der Waals surface area (Å²) in [5.74, 6) is -0.0455. The average Bonchev–Trinajstić information content (AvgIpc) is 2.57. The molecule has 2 aromatic rings. The summed E-state index contributed by atoms with van der Waals surface area (Å²) in [6.07, 6.45) is 1.42. The third-order valence-electron chi connectivity index (χ3n) is 2.99. The molecule has 2 aromatic carbocycles. The summed E-state index contributed by atoms with van der Waals surface area (Å²) in [4.78, 5) is 22.4. The molecule has 2 rings (SSSR count). The Morgan fingerprint density at radius 1 is 1.38 bits per heavy atom. The average molecular weight is 392 g/mol. The fraction of sp³-hybridized carbons (Fsp3) is 0.125. The second-order valence-electron chi connectivity index (χ2n) is 4.59. The van der Waals surface area contributed by atoms with Gasteiger partial charge in [0.15, 0.2) is 0 Å². The number of rotatable bonds is 6. The number of ether oxygens (including phenoxy) is 1. The van der Waals surface area contributed by atoms with E-state index < -0.39 is 10.8 Å². The van der Waals surface area contributed by atoms with Gasteiger partial charge < -0.3 is 4.74 Å². The van der Waals surface area contributed by atoms with E-state index in [2.05, 4.69) is 26.5 Å². The quantitative estimate of drug-likeness (QED) is 0.462. The molecular weight excluding hydrogens is 378 g/mol. The van der Waals surface area contributed by atoms with E-state index in [1.54, 1.807) is 18.2 Å². The molecule has 0 atom stereocenters. The first-order chi connectivity index (χ1) is 11.5. The van der Waals surface area contributed by atoms with Gasteiger partial charge in [0.05, 0.1) is 17.7 Å². The number of hydrogen-bond acceptors (Lipinski definition) is 5. The fourth-order valence-corrected chi connectivity index (χ4v) is 2.33. The van der Waals surface area contributed by atoms with E-state index in [4.69, 9.17) is 4.74 Å². The van der Waals surface area contributed by atoms with Gasteiger partial charge in [-0.05, 0) is 31.2 Å². The standard InChI is InChI=1S/C16H14BrN3O4/c1-2-24-15-8-7-12(17)9-11(15)10-18-19-16(21)13-5-3-4-6-14(13)20(22)23/h3-10H,2H2,1H3,(H,19,21)/b18-10-. The predicted octanol–water partition coefficient (Wildman–Crippen LogP) is 3.52. The Bertz CT molecular complexity index is 793. The number of hydrogen-bond donors (Lipinski definition) is 1. The molecule has 0 saturated heterocycles. The van der Waals surface area contributed by atoms with E-state index in [1.165, 1.54) is 24.4 Å². The minimum Gasteiger partial charge on any atom is -0.493 e. The summed E-state index contributed by atoms with van der Waals surface area (Å²) in [6.45, 7) is 2.35. The van der Waals surface area contributed by atoms with Crippen LogP contribution >= 0.6 is 15.9 Å². The lowest BCUT2D eigenvalue weighted by Crippen LogP contribution is -2.19. The van der Waals surface area contributed by atoms with Gasteiger partial charge in [0, 0.05) is 16.1 Å². The minimum absolute atomic E-state index is 0.0566. The van der Waals surface area contributed by atoms with Crippen LogP contribution in [0.3, 0.4) is 0 Å².